The van der Waals surface area contributed by atoms with Gasteiger partial charge in [-0.3, -0.25) is 4.99 Å². The van der Waals surface area contributed by atoms with Crippen molar-refractivity contribution in [3.8, 4) is 11.5 Å². The summed E-state index contributed by atoms with van der Waals surface area (Å²) >= 11 is 6.28. The number of hydrogen-bond donors (Lipinski definition) is 2. The standard InChI is InChI=1S/C18H28ClN3O3/c1-3-20-18(21-7-5-9-23-4-2)22-8-6-14-12-15(19)17-16(13-14)24-10-11-25-17/h12-13H,3-11H2,1-2H3,(H2,20,21,22). The summed E-state index contributed by atoms with van der Waals surface area (Å²) in [4.78, 5) is 4.55. The normalized spacial score (nSPS) is 13.6. The first-order valence-corrected chi connectivity index (χ1v) is 9.30. The minimum absolute atomic E-state index is 0.541. The van der Waals surface area contributed by atoms with Crippen LogP contribution in [0.4, 0.5) is 0 Å². The highest BCUT2D eigenvalue weighted by Gasteiger charge is 2.16. The highest BCUT2D eigenvalue weighted by molar-refractivity contribution is 6.32. The van der Waals surface area contributed by atoms with Gasteiger partial charge in [0.15, 0.2) is 17.5 Å². The van der Waals surface area contributed by atoms with Crippen LogP contribution >= 0.6 is 11.6 Å². The quantitative estimate of drug-likeness (QED) is 0.398. The Morgan fingerprint density at radius 2 is 2.08 bits per heavy atom. The van der Waals surface area contributed by atoms with Gasteiger partial charge in [0.2, 0.25) is 0 Å². The van der Waals surface area contributed by atoms with E-state index in [1.807, 2.05) is 19.1 Å². The number of guanidine groups is 1. The highest BCUT2D eigenvalue weighted by Crippen LogP contribution is 2.38. The first-order chi connectivity index (χ1) is 12.2. The van der Waals surface area contributed by atoms with E-state index in [-0.39, 0.29) is 0 Å². The van der Waals surface area contributed by atoms with Gasteiger partial charge in [0.25, 0.3) is 0 Å². The Bertz CT molecular complexity index is 567. The molecule has 0 aromatic heterocycles. The maximum absolute atomic E-state index is 6.28. The van der Waals surface area contributed by atoms with Gasteiger partial charge in [-0.1, -0.05) is 11.6 Å². The molecule has 1 aromatic rings. The number of rotatable bonds is 9. The Labute approximate surface area is 154 Å². The van der Waals surface area contributed by atoms with E-state index in [0.29, 0.717) is 24.0 Å². The molecule has 0 radical (unpaired) electrons. The van der Waals surface area contributed by atoms with E-state index >= 15 is 0 Å². The lowest BCUT2D eigenvalue weighted by atomic mass is 10.1. The van der Waals surface area contributed by atoms with E-state index < -0.39 is 0 Å². The van der Waals surface area contributed by atoms with E-state index in [4.69, 9.17) is 25.8 Å². The SMILES string of the molecule is CCNC(=NCCCOCC)NCCc1cc(Cl)c2c(c1)OCCO2. The molecular weight excluding hydrogens is 342 g/mol. The molecule has 0 fully saturated rings. The summed E-state index contributed by atoms with van der Waals surface area (Å²) in [6.07, 6.45) is 1.74. The lowest BCUT2D eigenvalue weighted by Gasteiger charge is -2.20. The van der Waals surface area contributed by atoms with Gasteiger partial charge in [-0.15, -0.1) is 0 Å². The second-order valence-corrected chi connectivity index (χ2v) is 6.00. The van der Waals surface area contributed by atoms with Crippen molar-refractivity contribution in [2.24, 2.45) is 4.99 Å². The van der Waals surface area contributed by atoms with Crippen LogP contribution in [0.25, 0.3) is 0 Å². The molecular formula is C18H28ClN3O3. The minimum Gasteiger partial charge on any atom is -0.486 e. The van der Waals surface area contributed by atoms with Crippen LogP contribution in [0, 0.1) is 0 Å². The number of hydrogen-bond acceptors (Lipinski definition) is 4. The van der Waals surface area contributed by atoms with Gasteiger partial charge < -0.3 is 24.8 Å². The van der Waals surface area contributed by atoms with Gasteiger partial charge in [0, 0.05) is 32.8 Å². The van der Waals surface area contributed by atoms with Gasteiger partial charge in [-0.05, 0) is 44.4 Å². The number of nitrogens with zero attached hydrogens (tertiary/aromatic N) is 1. The van der Waals surface area contributed by atoms with Gasteiger partial charge in [0.1, 0.15) is 13.2 Å². The molecule has 6 nitrogen and oxygen atoms in total. The number of nitrogens with one attached hydrogen (secondary N) is 2. The van der Waals surface area contributed by atoms with E-state index in [1.54, 1.807) is 0 Å². The molecule has 0 saturated carbocycles. The number of fused-ring (bicyclic) bond motifs is 1. The highest BCUT2D eigenvalue weighted by atomic mass is 35.5. The molecule has 0 aliphatic carbocycles. The third-order valence-corrected chi connectivity index (χ3v) is 3.91. The number of ether oxygens (including phenoxy) is 3. The fourth-order valence-electron chi connectivity index (χ4n) is 2.48. The number of benzene rings is 1. The zero-order chi connectivity index (χ0) is 17.9. The zero-order valence-corrected chi connectivity index (χ0v) is 15.8. The Morgan fingerprint density at radius 3 is 2.88 bits per heavy atom. The smallest absolute Gasteiger partial charge is 0.191 e. The van der Waals surface area contributed by atoms with Crippen LogP contribution < -0.4 is 20.1 Å². The molecule has 1 aliphatic heterocycles. The minimum atomic E-state index is 0.541. The average molecular weight is 370 g/mol. The third kappa shape index (κ3) is 6.63. The summed E-state index contributed by atoms with van der Waals surface area (Å²) in [6, 6.07) is 3.93. The summed E-state index contributed by atoms with van der Waals surface area (Å²) in [7, 11) is 0. The first-order valence-electron chi connectivity index (χ1n) is 8.92. The monoisotopic (exact) mass is 369 g/mol. The lowest BCUT2D eigenvalue weighted by Crippen LogP contribution is -2.38. The molecule has 0 atom stereocenters. The van der Waals surface area contributed by atoms with Crippen molar-refractivity contribution >= 4 is 17.6 Å². The summed E-state index contributed by atoms with van der Waals surface area (Å²) in [5.41, 5.74) is 1.11. The van der Waals surface area contributed by atoms with E-state index in [1.165, 1.54) is 0 Å². The largest absolute Gasteiger partial charge is 0.486 e. The maximum Gasteiger partial charge on any atom is 0.191 e. The van der Waals surface area contributed by atoms with Crippen LogP contribution in [0.3, 0.4) is 0 Å². The Kier molecular flexibility index (Phi) is 8.69. The summed E-state index contributed by atoms with van der Waals surface area (Å²) < 4.78 is 16.5. The predicted molar refractivity (Wildman–Crippen MR) is 101 cm³/mol. The van der Waals surface area contributed by atoms with Crippen molar-refractivity contribution in [3.63, 3.8) is 0 Å². The second-order valence-electron chi connectivity index (χ2n) is 5.59. The van der Waals surface area contributed by atoms with Crippen LogP contribution in [0.1, 0.15) is 25.8 Å². The molecule has 0 saturated heterocycles. The van der Waals surface area contributed by atoms with Crippen molar-refractivity contribution in [3.05, 3.63) is 22.7 Å². The van der Waals surface area contributed by atoms with Gasteiger partial charge in [0.05, 0.1) is 5.02 Å². The molecule has 140 valence electrons. The Balaban J connectivity index is 1.82. The molecule has 0 bridgehead atoms. The molecule has 1 aromatic carbocycles. The van der Waals surface area contributed by atoms with Gasteiger partial charge in [-0.2, -0.15) is 0 Å². The van der Waals surface area contributed by atoms with Crippen molar-refractivity contribution in [1.82, 2.24) is 10.6 Å². The predicted octanol–water partition coefficient (Wildman–Crippen LogP) is 2.64. The topological polar surface area (TPSA) is 64.1 Å². The third-order valence-electron chi connectivity index (χ3n) is 3.63. The molecule has 25 heavy (non-hydrogen) atoms. The fraction of sp³-hybridized carbons (Fsp3) is 0.611. The van der Waals surface area contributed by atoms with Crippen LogP contribution in [0.5, 0.6) is 11.5 Å². The molecule has 7 heteroatoms. The molecule has 1 aliphatic rings. The second kappa shape index (κ2) is 11.1. The van der Waals surface area contributed by atoms with E-state index in [9.17, 15) is 0 Å². The van der Waals surface area contributed by atoms with Crippen molar-refractivity contribution in [2.45, 2.75) is 26.7 Å². The first kappa shape index (κ1) is 19.7. The van der Waals surface area contributed by atoms with Crippen molar-refractivity contribution in [1.29, 1.82) is 0 Å². The summed E-state index contributed by atoms with van der Waals surface area (Å²) in [5.74, 6) is 2.20. The summed E-state index contributed by atoms with van der Waals surface area (Å²) in [5, 5.41) is 7.19. The molecule has 0 amide bonds. The van der Waals surface area contributed by atoms with Crippen LogP contribution in [0.15, 0.2) is 17.1 Å². The maximum atomic E-state index is 6.28. The van der Waals surface area contributed by atoms with Crippen molar-refractivity contribution in [2.75, 3.05) is 46.1 Å². The van der Waals surface area contributed by atoms with Crippen LogP contribution in [0.2, 0.25) is 5.02 Å². The van der Waals surface area contributed by atoms with Crippen LogP contribution in [-0.4, -0.2) is 52.0 Å². The summed E-state index contributed by atoms with van der Waals surface area (Å²) in [6.45, 7) is 8.97. The molecule has 0 spiro atoms. The number of aliphatic imine (C=N–C) groups is 1. The fourth-order valence-corrected chi connectivity index (χ4v) is 2.77. The number of halogens is 1. The Hall–Kier alpha value is -1.66. The van der Waals surface area contributed by atoms with Gasteiger partial charge >= 0.3 is 0 Å². The average Bonchev–Trinajstić information content (AvgIpc) is 2.61. The molecule has 0 unspecified atom stereocenters. The van der Waals surface area contributed by atoms with E-state index in [2.05, 4.69) is 22.5 Å². The van der Waals surface area contributed by atoms with Crippen LogP contribution in [-0.2, 0) is 11.2 Å². The Morgan fingerprint density at radius 1 is 1.24 bits per heavy atom. The molecule has 1 heterocycles. The van der Waals surface area contributed by atoms with Crippen molar-refractivity contribution < 1.29 is 14.2 Å². The van der Waals surface area contributed by atoms with Gasteiger partial charge in [-0.25, -0.2) is 0 Å². The molecule has 2 N–H and O–H groups in total. The lowest BCUT2D eigenvalue weighted by molar-refractivity contribution is 0.146. The molecule has 2 rings (SSSR count). The zero-order valence-electron chi connectivity index (χ0n) is 15.1. The van der Waals surface area contributed by atoms with E-state index in [0.717, 1.165) is 63.0 Å².